The summed E-state index contributed by atoms with van der Waals surface area (Å²) in [6.07, 6.45) is 0.566. The first-order valence-electron chi connectivity index (χ1n) is 8.36. The van der Waals surface area contributed by atoms with Crippen molar-refractivity contribution in [2.45, 2.75) is 24.6 Å². The van der Waals surface area contributed by atoms with E-state index in [0.29, 0.717) is 5.56 Å². The quantitative estimate of drug-likeness (QED) is 0.571. The van der Waals surface area contributed by atoms with Crippen molar-refractivity contribution < 1.29 is 17.9 Å². The molecule has 0 aromatic heterocycles. The number of anilines is 1. The standard InChI is InChI=1S/C20H17BrF3NO/c1-26-18-8-6-12(21)10-16(18)19-14-4-2-3-13(14)15-9-11(20(22,23)24)5-7-17(15)25-19/h2-3,5-10,13-14,19,25H,4H2,1H3/t13-,14-,19-/m0/s1. The van der Waals surface area contributed by atoms with Crippen molar-refractivity contribution in [3.05, 3.63) is 69.7 Å². The van der Waals surface area contributed by atoms with Gasteiger partial charge in [-0.25, -0.2) is 0 Å². The minimum atomic E-state index is -4.34. The minimum absolute atomic E-state index is 0.0355. The molecule has 2 nitrogen and oxygen atoms in total. The fourth-order valence-electron chi connectivity index (χ4n) is 4.03. The first-order valence-corrected chi connectivity index (χ1v) is 9.15. The van der Waals surface area contributed by atoms with E-state index in [1.165, 1.54) is 12.1 Å². The van der Waals surface area contributed by atoms with Crippen LogP contribution in [0.25, 0.3) is 0 Å². The van der Waals surface area contributed by atoms with Gasteiger partial charge in [0.25, 0.3) is 0 Å². The van der Waals surface area contributed by atoms with Crippen LogP contribution in [-0.4, -0.2) is 7.11 Å². The minimum Gasteiger partial charge on any atom is -0.496 e. The van der Waals surface area contributed by atoms with Gasteiger partial charge in [-0.3, -0.25) is 0 Å². The third kappa shape index (κ3) is 2.90. The van der Waals surface area contributed by atoms with Gasteiger partial charge < -0.3 is 10.1 Å². The topological polar surface area (TPSA) is 21.3 Å². The zero-order valence-corrected chi connectivity index (χ0v) is 15.6. The summed E-state index contributed by atoms with van der Waals surface area (Å²) in [6, 6.07) is 9.76. The molecule has 0 bridgehead atoms. The molecule has 0 saturated carbocycles. The highest BCUT2D eigenvalue weighted by Crippen LogP contribution is 2.52. The number of nitrogens with one attached hydrogen (secondary N) is 1. The van der Waals surface area contributed by atoms with Crippen molar-refractivity contribution in [1.29, 1.82) is 0 Å². The number of methoxy groups -OCH3 is 1. The van der Waals surface area contributed by atoms with Gasteiger partial charge in [-0.1, -0.05) is 28.1 Å². The summed E-state index contributed by atoms with van der Waals surface area (Å²) in [7, 11) is 1.63. The van der Waals surface area contributed by atoms with Crippen molar-refractivity contribution in [1.82, 2.24) is 0 Å². The third-order valence-corrected chi connectivity index (χ3v) is 5.71. The molecule has 4 rings (SSSR count). The monoisotopic (exact) mass is 423 g/mol. The van der Waals surface area contributed by atoms with Crippen LogP contribution < -0.4 is 10.1 Å². The summed E-state index contributed by atoms with van der Waals surface area (Å²) in [5.41, 5.74) is 1.86. The van der Waals surface area contributed by atoms with Crippen LogP contribution in [0.3, 0.4) is 0 Å². The normalized spacial score (nSPS) is 24.0. The fraction of sp³-hybridized carbons (Fsp3) is 0.300. The highest BCUT2D eigenvalue weighted by atomic mass is 79.9. The molecule has 0 radical (unpaired) electrons. The Kier molecular flexibility index (Phi) is 4.26. The molecule has 6 heteroatoms. The molecular weight excluding hydrogens is 407 g/mol. The lowest BCUT2D eigenvalue weighted by Gasteiger charge is -2.38. The van der Waals surface area contributed by atoms with Gasteiger partial charge in [0.15, 0.2) is 0 Å². The number of hydrogen-bond donors (Lipinski definition) is 1. The Morgan fingerprint density at radius 3 is 2.65 bits per heavy atom. The number of allylic oxidation sites excluding steroid dienone is 2. The zero-order valence-electron chi connectivity index (χ0n) is 14.0. The molecule has 0 saturated heterocycles. The van der Waals surface area contributed by atoms with E-state index in [-0.39, 0.29) is 17.9 Å². The van der Waals surface area contributed by atoms with Gasteiger partial charge in [-0.2, -0.15) is 13.2 Å². The Bertz CT molecular complexity index is 878. The molecule has 0 amide bonds. The molecule has 136 valence electrons. The third-order valence-electron chi connectivity index (χ3n) is 5.22. The van der Waals surface area contributed by atoms with E-state index in [1.54, 1.807) is 7.11 Å². The molecular formula is C20H17BrF3NO. The van der Waals surface area contributed by atoms with E-state index in [2.05, 4.69) is 27.3 Å². The van der Waals surface area contributed by atoms with Crippen LogP contribution in [0, 0.1) is 5.92 Å². The second-order valence-corrected chi connectivity index (χ2v) is 7.58. The van der Waals surface area contributed by atoms with Crippen LogP contribution in [0.1, 0.15) is 35.1 Å². The molecule has 0 unspecified atom stereocenters. The maximum Gasteiger partial charge on any atom is 0.416 e. The molecule has 2 aromatic rings. The van der Waals surface area contributed by atoms with Gasteiger partial charge in [0.2, 0.25) is 0 Å². The van der Waals surface area contributed by atoms with Gasteiger partial charge in [0, 0.05) is 21.6 Å². The van der Waals surface area contributed by atoms with Crippen LogP contribution in [0.4, 0.5) is 18.9 Å². The van der Waals surface area contributed by atoms with E-state index in [1.807, 2.05) is 24.3 Å². The highest BCUT2D eigenvalue weighted by Gasteiger charge is 2.40. The zero-order chi connectivity index (χ0) is 18.5. The Labute approximate surface area is 158 Å². The summed E-state index contributed by atoms with van der Waals surface area (Å²) in [5, 5.41) is 3.46. The lowest BCUT2D eigenvalue weighted by atomic mass is 9.76. The van der Waals surface area contributed by atoms with Crippen LogP contribution in [0.5, 0.6) is 5.75 Å². The maximum atomic E-state index is 13.1. The molecule has 2 aliphatic rings. The second-order valence-electron chi connectivity index (χ2n) is 6.66. The SMILES string of the molecule is COc1ccc(Br)cc1[C@H]1Nc2ccc(C(F)(F)F)cc2[C@H]2C=CC[C@@H]21. The Hall–Kier alpha value is -1.95. The molecule has 1 aliphatic carbocycles. The summed E-state index contributed by atoms with van der Waals surface area (Å²) in [4.78, 5) is 0. The molecule has 0 fully saturated rings. The fourth-order valence-corrected chi connectivity index (χ4v) is 4.41. The molecule has 0 spiro atoms. The van der Waals surface area contributed by atoms with Crippen molar-refractivity contribution in [3.63, 3.8) is 0 Å². The Morgan fingerprint density at radius 1 is 1.12 bits per heavy atom. The van der Waals surface area contributed by atoms with Gasteiger partial charge >= 0.3 is 6.18 Å². The predicted octanol–water partition coefficient (Wildman–Crippen LogP) is 6.30. The Morgan fingerprint density at radius 2 is 1.92 bits per heavy atom. The average Bonchev–Trinajstić information content (AvgIpc) is 3.09. The van der Waals surface area contributed by atoms with Crippen LogP contribution >= 0.6 is 15.9 Å². The van der Waals surface area contributed by atoms with Crippen molar-refractivity contribution in [2.75, 3.05) is 12.4 Å². The lowest BCUT2D eigenvalue weighted by Crippen LogP contribution is -2.29. The molecule has 3 atom stereocenters. The van der Waals surface area contributed by atoms with E-state index in [4.69, 9.17) is 4.74 Å². The molecule has 1 aliphatic heterocycles. The van der Waals surface area contributed by atoms with Gasteiger partial charge in [-0.05, 0) is 54.3 Å². The van der Waals surface area contributed by atoms with Crippen LogP contribution in [-0.2, 0) is 6.18 Å². The summed E-state index contributed by atoms with van der Waals surface area (Å²) in [5.74, 6) is 0.878. The summed E-state index contributed by atoms with van der Waals surface area (Å²) in [6.45, 7) is 0. The summed E-state index contributed by atoms with van der Waals surface area (Å²) < 4.78 is 45.8. The first-order chi connectivity index (χ1) is 12.4. The molecule has 1 heterocycles. The van der Waals surface area contributed by atoms with Crippen molar-refractivity contribution in [2.24, 2.45) is 5.92 Å². The van der Waals surface area contributed by atoms with E-state index >= 15 is 0 Å². The molecule has 26 heavy (non-hydrogen) atoms. The van der Waals surface area contributed by atoms with Crippen LogP contribution in [0.2, 0.25) is 0 Å². The number of benzene rings is 2. The van der Waals surface area contributed by atoms with E-state index in [9.17, 15) is 13.2 Å². The average molecular weight is 424 g/mol. The van der Waals surface area contributed by atoms with Crippen LogP contribution in [0.15, 0.2) is 53.0 Å². The number of ether oxygens (including phenoxy) is 1. The lowest BCUT2D eigenvalue weighted by molar-refractivity contribution is -0.137. The molecule has 2 aromatic carbocycles. The molecule has 1 N–H and O–H groups in total. The van der Waals surface area contributed by atoms with Gasteiger partial charge in [0.1, 0.15) is 5.75 Å². The van der Waals surface area contributed by atoms with E-state index < -0.39 is 11.7 Å². The number of fused-ring (bicyclic) bond motifs is 3. The number of alkyl halides is 3. The number of hydrogen-bond acceptors (Lipinski definition) is 2. The maximum absolute atomic E-state index is 13.1. The first kappa shape index (κ1) is 17.5. The Balaban J connectivity index is 1.80. The second kappa shape index (κ2) is 6.34. The largest absolute Gasteiger partial charge is 0.496 e. The van der Waals surface area contributed by atoms with Gasteiger partial charge in [0.05, 0.1) is 18.7 Å². The highest BCUT2D eigenvalue weighted by molar-refractivity contribution is 9.10. The van der Waals surface area contributed by atoms with Crippen molar-refractivity contribution >= 4 is 21.6 Å². The number of halogens is 4. The van der Waals surface area contributed by atoms with Crippen molar-refractivity contribution in [3.8, 4) is 5.75 Å². The van der Waals surface area contributed by atoms with E-state index in [0.717, 1.165) is 34.0 Å². The summed E-state index contributed by atoms with van der Waals surface area (Å²) >= 11 is 3.50. The smallest absolute Gasteiger partial charge is 0.416 e. The number of rotatable bonds is 2. The van der Waals surface area contributed by atoms with Gasteiger partial charge in [-0.15, -0.1) is 0 Å². The predicted molar refractivity (Wildman–Crippen MR) is 98.5 cm³/mol.